The third-order valence-corrected chi connectivity index (χ3v) is 4.67. The van der Waals surface area contributed by atoms with Gasteiger partial charge in [0.1, 0.15) is 0 Å². The maximum Gasteiger partial charge on any atom is 0.311 e. The van der Waals surface area contributed by atoms with Gasteiger partial charge in [0.2, 0.25) is 0 Å². The number of carbonyl (C=O) groups excluding carboxylic acids is 1. The lowest BCUT2D eigenvalue weighted by Gasteiger charge is -2.19. The molecule has 0 aromatic heterocycles. The number of hydrogen-bond donors (Lipinski definition) is 1. The smallest absolute Gasteiger partial charge is 0.311 e. The Balaban J connectivity index is 1.78. The van der Waals surface area contributed by atoms with Gasteiger partial charge in [-0.05, 0) is 50.1 Å². The van der Waals surface area contributed by atoms with Crippen LogP contribution in [0.4, 0.5) is 17.1 Å². The number of halogens is 1. The number of nitrogens with zero attached hydrogens (tertiary/aromatic N) is 2. The molecular formula is C19H20ClN3O4. The number of hydrogen-bond acceptors (Lipinski definition) is 5. The molecule has 1 fully saturated rings. The van der Waals surface area contributed by atoms with Crippen molar-refractivity contribution in [1.82, 2.24) is 0 Å². The van der Waals surface area contributed by atoms with Crippen LogP contribution >= 0.6 is 11.6 Å². The number of carbonyl (C=O) groups is 1. The largest absolute Gasteiger partial charge is 0.487 e. The summed E-state index contributed by atoms with van der Waals surface area (Å²) in [5.74, 6) is -0.316. The topological polar surface area (TPSA) is 84.7 Å². The van der Waals surface area contributed by atoms with Crippen LogP contribution in [0.2, 0.25) is 5.02 Å². The van der Waals surface area contributed by atoms with E-state index in [0.29, 0.717) is 17.3 Å². The average Bonchev–Trinajstić information content (AvgIpc) is 3.16. The van der Waals surface area contributed by atoms with Gasteiger partial charge >= 0.3 is 5.69 Å². The van der Waals surface area contributed by atoms with Crippen molar-refractivity contribution in [1.29, 1.82) is 0 Å². The summed E-state index contributed by atoms with van der Waals surface area (Å²) in [5.41, 5.74) is 1.41. The number of nitrogens with one attached hydrogen (secondary N) is 1. The zero-order chi connectivity index (χ0) is 19.4. The normalized spacial score (nSPS) is 13.5. The Morgan fingerprint density at radius 3 is 2.63 bits per heavy atom. The highest BCUT2D eigenvalue weighted by Crippen LogP contribution is 2.32. The predicted octanol–water partition coefficient (Wildman–Crippen LogP) is 4.50. The van der Waals surface area contributed by atoms with E-state index in [1.54, 1.807) is 19.1 Å². The fraction of sp³-hybridized carbons (Fsp3) is 0.316. The quantitative estimate of drug-likeness (QED) is 0.580. The molecule has 0 unspecified atom stereocenters. The lowest BCUT2D eigenvalue weighted by Crippen LogP contribution is -2.18. The first kappa shape index (κ1) is 19.0. The van der Waals surface area contributed by atoms with Gasteiger partial charge in [0.15, 0.2) is 5.75 Å². The summed E-state index contributed by atoms with van der Waals surface area (Å²) in [6, 6.07) is 9.48. The third kappa shape index (κ3) is 4.31. The molecular weight excluding hydrogens is 370 g/mol. The highest BCUT2D eigenvalue weighted by Gasteiger charge is 2.19. The summed E-state index contributed by atoms with van der Waals surface area (Å²) in [7, 11) is 0. The number of nitro groups is 1. The van der Waals surface area contributed by atoms with E-state index in [2.05, 4.69) is 10.2 Å². The van der Waals surface area contributed by atoms with Crippen LogP contribution in [0.15, 0.2) is 36.4 Å². The second-order valence-electron chi connectivity index (χ2n) is 6.19. The Labute approximate surface area is 162 Å². The molecule has 1 N–H and O–H groups in total. The van der Waals surface area contributed by atoms with Gasteiger partial charge in [-0.1, -0.05) is 11.6 Å². The number of amides is 1. The molecule has 1 aliphatic heterocycles. The van der Waals surface area contributed by atoms with E-state index >= 15 is 0 Å². The van der Waals surface area contributed by atoms with Crippen LogP contribution in [-0.2, 0) is 0 Å². The van der Waals surface area contributed by atoms with Crippen molar-refractivity contribution < 1.29 is 14.5 Å². The van der Waals surface area contributed by atoms with Gasteiger partial charge in [-0.3, -0.25) is 14.9 Å². The zero-order valence-corrected chi connectivity index (χ0v) is 15.7. The second kappa shape index (κ2) is 8.26. The first-order valence-electron chi connectivity index (χ1n) is 8.76. The molecule has 1 saturated heterocycles. The van der Waals surface area contributed by atoms with Crippen LogP contribution in [0.1, 0.15) is 30.1 Å². The monoisotopic (exact) mass is 389 g/mol. The summed E-state index contributed by atoms with van der Waals surface area (Å²) in [4.78, 5) is 25.3. The first-order chi connectivity index (χ1) is 13.0. The van der Waals surface area contributed by atoms with Crippen LogP contribution in [0.3, 0.4) is 0 Å². The highest BCUT2D eigenvalue weighted by atomic mass is 35.5. The van der Waals surface area contributed by atoms with Crippen molar-refractivity contribution in [2.24, 2.45) is 0 Å². The Morgan fingerprint density at radius 1 is 1.26 bits per heavy atom. The highest BCUT2D eigenvalue weighted by molar-refractivity contribution is 6.33. The molecule has 8 heteroatoms. The zero-order valence-electron chi connectivity index (χ0n) is 14.9. The predicted molar refractivity (Wildman–Crippen MR) is 105 cm³/mol. The number of benzene rings is 2. The minimum Gasteiger partial charge on any atom is -0.487 e. The van der Waals surface area contributed by atoms with Gasteiger partial charge < -0.3 is 15.0 Å². The van der Waals surface area contributed by atoms with Crippen molar-refractivity contribution in [2.45, 2.75) is 19.8 Å². The number of anilines is 2. The molecule has 142 valence electrons. The van der Waals surface area contributed by atoms with Gasteiger partial charge in [-0.25, -0.2) is 0 Å². The van der Waals surface area contributed by atoms with Gasteiger partial charge in [0.05, 0.1) is 22.2 Å². The molecule has 0 radical (unpaired) electrons. The summed E-state index contributed by atoms with van der Waals surface area (Å²) in [6.45, 7) is 3.98. The minimum atomic E-state index is -0.566. The van der Waals surface area contributed by atoms with Crippen LogP contribution in [0.5, 0.6) is 5.75 Å². The summed E-state index contributed by atoms with van der Waals surface area (Å²) >= 11 is 6.36. The second-order valence-corrected chi connectivity index (χ2v) is 6.59. The Bertz CT molecular complexity index is 866. The fourth-order valence-corrected chi connectivity index (χ4v) is 3.38. The SMILES string of the molecule is CCOc1ccc(C(=O)Nc2ccc(N3CCCC3)c(Cl)c2)cc1[N+](=O)[O-]. The molecule has 0 saturated carbocycles. The molecule has 0 aliphatic carbocycles. The van der Waals surface area contributed by atoms with Gasteiger partial charge in [0, 0.05) is 30.4 Å². The van der Waals surface area contributed by atoms with Crippen molar-refractivity contribution in [3.05, 3.63) is 57.1 Å². The lowest BCUT2D eigenvalue weighted by atomic mass is 10.1. The number of rotatable bonds is 6. The number of ether oxygens (including phenoxy) is 1. The molecule has 1 heterocycles. The summed E-state index contributed by atoms with van der Waals surface area (Å²) in [6.07, 6.45) is 2.29. The first-order valence-corrected chi connectivity index (χ1v) is 9.14. The summed E-state index contributed by atoms with van der Waals surface area (Å²) in [5, 5.41) is 14.5. The molecule has 3 rings (SSSR count). The molecule has 0 bridgehead atoms. The Hall–Kier alpha value is -2.80. The van der Waals surface area contributed by atoms with Gasteiger partial charge in [-0.15, -0.1) is 0 Å². The molecule has 0 atom stereocenters. The van der Waals surface area contributed by atoms with E-state index in [9.17, 15) is 14.9 Å². The molecule has 2 aromatic rings. The number of nitro benzene ring substituents is 1. The maximum atomic E-state index is 12.5. The minimum absolute atomic E-state index is 0.136. The van der Waals surface area contributed by atoms with Crippen LogP contribution in [-0.4, -0.2) is 30.5 Å². The molecule has 1 amide bonds. The maximum absolute atomic E-state index is 12.5. The van der Waals surface area contributed by atoms with E-state index in [0.717, 1.165) is 31.6 Å². The lowest BCUT2D eigenvalue weighted by molar-refractivity contribution is -0.385. The molecule has 0 spiro atoms. The third-order valence-electron chi connectivity index (χ3n) is 4.37. The molecule has 7 nitrogen and oxygen atoms in total. The Morgan fingerprint density at radius 2 is 2.00 bits per heavy atom. The molecule has 2 aromatic carbocycles. The molecule has 27 heavy (non-hydrogen) atoms. The van der Waals surface area contributed by atoms with Crippen LogP contribution < -0.4 is 15.0 Å². The van der Waals surface area contributed by atoms with Crippen molar-refractivity contribution >= 4 is 34.6 Å². The van der Waals surface area contributed by atoms with Crippen LogP contribution in [0, 0.1) is 10.1 Å². The van der Waals surface area contributed by atoms with E-state index < -0.39 is 10.8 Å². The molecule has 1 aliphatic rings. The van der Waals surface area contributed by atoms with E-state index in [4.69, 9.17) is 16.3 Å². The average molecular weight is 390 g/mol. The van der Waals surface area contributed by atoms with Crippen molar-refractivity contribution in [3.63, 3.8) is 0 Å². The van der Waals surface area contributed by atoms with E-state index in [1.165, 1.54) is 18.2 Å². The van der Waals surface area contributed by atoms with Gasteiger partial charge in [-0.2, -0.15) is 0 Å². The summed E-state index contributed by atoms with van der Waals surface area (Å²) < 4.78 is 5.23. The van der Waals surface area contributed by atoms with Crippen LogP contribution in [0.25, 0.3) is 0 Å². The van der Waals surface area contributed by atoms with E-state index in [1.807, 2.05) is 6.07 Å². The van der Waals surface area contributed by atoms with Crippen molar-refractivity contribution in [3.8, 4) is 5.75 Å². The Kier molecular flexibility index (Phi) is 5.81. The van der Waals surface area contributed by atoms with Crippen molar-refractivity contribution in [2.75, 3.05) is 29.9 Å². The van der Waals surface area contributed by atoms with Gasteiger partial charge in [0.25, 0.3) is 5.91 Å². The fourth-order valence-electron chi connectivity index (χ4n) is 3.08. The van der Waals surface area contributed by atoms with E-state index in [-0.39, 0.29) is 17.0 Å². The standard InChI is InChI=1S/C19H20ClN3O4/c1-2-27-18-8-5-13(11-17(18)23(25)26)19(24)21-14-6-7-16(15(20)12-14)22-9-3-4-10-22/h5-8,11-12H,2-4,9-10H2,1H3,(H,21,24).